The molecule has 1 saturated carbocycles. The standard InChI is InChI=1S/C13H24/c1-4-6-7-8-13-11(3)9-10-12(13)5-2/h6-7,11-13H,4-5,8-10H2,1-3H3/b7-6-. The molecule has 76 valence electrons. The Balaban J connectivity index is 2.40. The fraction of sp³-hybridized carbons (Fsp3) is 0.846. The summed E-state index contributed by atoms with van der Waals surface area (Å²) < 4.78 is 0. The van der Waals surface area contributed by atoms with Gasteiger partial charge in [-0.25, -0.2) is 0 Å². The lowest BCUT2D eigenvalue weighted by molar-refractivity contribution is 0.322. The number of hydrogen-bond donors (Lipinski definition) is 0. The van der Waals surface area contributed by atoms with E-state index in [1.807, 2.05) is 0 Å². The lowest BCUT2D eigenvalue weighted by atomic mass is 9.86. The first-order valence-electron chi connectivity index (χ1n) is 5.94. The molecule has 0 aromatic heterocycles. The molecule has 0 saturated heterocycles. The van der Waals surface area contributed by atoms with Crippen LogP contribution in [0, 0.1) is 17.8 Å². The van der Waals surface area contributed by atoms with Gasteiger partial charge in [-0.3, -0.25) is 0 Å². The largest absolute Gasteiger partial charge is 0.0888 e. The first-order chi connectivity index (χ1) is 6.29. The molecule has 1 aliphatic carbocycles. The van der Waals surface area contributed by atoms with E-state index in [2.05, 4.69) is 32.9 Å². The second kappa shape index (κ2) is 5.47. The summed E-state index contributed by atoms with van der Waals surface area (Å²) in [5, 5.41) is 0. The summed E-state index contributed by atoms with van der Waals surface area (Å²) in [6, 6.07) is 0. The molecule has 0 amide bonds. The highest BCUT2D eigenvalue weighted by atomic mass is 14.4. The third-order valence-electron chi connectivity index (χ3n) is 3.66. The second-order valence-corrected chi connectivity index (χ2v) is 4.50. The van der Waals surface area contributed by atoms with E-state index in [1.54, 1.807) is 0 Å². The van der Waals surface area contributed by atoms with E-state index in [1.165, 1.54) is 32.1 Å². The normalized spacial score (nSPS) is 34.5. The molecule has 0 N–H and O–H groups in total. The number of rotatable bonds is 4. The molecule has 1 aliphatic rings. The summed E-state index contributed by atoms with van der Waals surface area (Å²) in [6.07, 6.45) is 11.6. The van der Waals surface area contributed by atoms with Gasteiger partial charge in [0.1, 0.15) is 0 Å². The predicted molar refractivity (Wildman–Crippen MR) is 59.7 cm³/mol. The zero-order valence-corrected chi connectivity index (χ0v) is 9.42. The average Bonchev–Trinajstić information content (AvgIpc) is 2.48. The maximum atomic E-state index is 2.43. The van der Waals surface area contributed by atoms with Crippen molar-refractivity contribution in [3.63, 3.8) is 0 Å². The van der Waals surface area contributed by atoms with Crippen molar-refractivity contribution < 1.29 is 0 Å². The van der Waals surface area contributed by atoms with Crippen LogP contribution in [0.15, 0.2) is 12.2 Å². The van der Waals surface area contributed by atoms with Gasteiger partial charge >= 0.3 is 0 Å². The van der Waals surface area contributed by atoms with Gasteiger partial charge < -0.3 is 0 Å². The van der Waals surface area contributed by atoms with Gasteiger partial charge in [0.2, 0.25) is 0 Å². The van der Waals surface area contributed by atoms with Crippen LogP contribution in [0.25, 0.3) is 0 Å². The minimum Gasteiger partial charge on any atom is -0.0888 e. The molecule has 0 heteroatoms. The van der Waals surface area contributed by atoms with Crippen LogP contribution >= 0.6 is 0 Å². The van der Waals surface area contributed by atoms with Crippen LogP contribution in [0.5, 0.6) is 0 Å². The van der Waals surface area contributed by atoms with Crippen molar-refractivity contribution in [2.45, 2.75) is 52.9 Å². The maximum absolute atomic E-state index is 2.43. The molecule has 0 spiro atoms. The predicted octanol–water partition coefficient (Wildman–Crippen LogP) is 4.42. The molecule has 3 atom stereocenters. The molecule has 0 heterocycles. The Morgan fingerprint density at radius 1 is 1.15 bits per heavy atom. The first-order valence-corrected chi connectivity index (χ1v) is 5.94. The lowest BCUT2D eigenvalue weighted by Gasteiger charge is -2.19. The van der Waals surface area contributed by atoms with Crippen LogP contribution in [0.2, 0.25) is 0 Å². The van der Waals surface area contributed by atoms with Crippen molar-refractivity contribution >= 4 is 0 Å². The van der Waals surface area contributed by atoms with Gasteiger partial charge in [0, 0.05) is 0 Å². The van der Waals surface area contributed by atoms with Gasteiger partial charge in [0.05, 0.1) is 0 Å². The third-order valence-corrected chi connectivity index (χ3v) is 3.66. The van der Waals surface area contributed by atoms with Crippen LogP contribution in [0.3, 0.4) is 0 Å². The van der Waals surface area contributed by atoms with Crippen molar-refractivity contribution in [1.82, 2.24) is 0 Å². The zero-order chi connectivity index (χ0) is 9.68. The number of hydrogen-bond acceptors (Lipinski definition) is 0. The van der Waals surface area contributed by atoms with E-state index < -0.39 is 0 Å². The van der Waals surface area contributed by atoms with E-state index in [9.17, 15) is 0 Å². The smallest absolute Gasteiger partial charge is 0.0317 e. The Bertz CT molecular complexity index is 157. The quantitative estimate of drug-likeness (QED) is 0.562. The van der Waals surface area contributed by atoms with Crippen molar-refractivity contribution in [2.75, 3.05) is 0 Å². The Kier molecular flexibility index (Phi) is 4.55. The SMILES string of the molecule is CC/C=C\CC1C(C)CCC1CC. The van der Waals surface area contributed by atoms with Crippen LogP contribution in [0.1, 0.15) is 52.9 Å². The molecule has 0 aliphatic heterocycles. The molecular formula is C13H24. The molecule has 1 rings (SSSR count). The van der Waals surface area contributed by atoms with Crippen molar-refractivity contribution in [2.24, 2.45) is 17.8 Å². The zero-order valence-electron chi connectivity index (χ0n) is 9.42. The van der Waals surface area contributed by atoms with Crippen LogP contribution in [-0.2, 0) is 0 Å². The van der Waals surface area contributed by atoms with Crippen LogP contribution in [-0.4, -0.2) is 0 Å². The van der Waals surface area contributed by atoms with Gasteiger partial charge in [-0.2, -0.15) is 0 Å². The molecule has 0 nitrogen and oxygen atoms in total. The number of allylic oxidation sites excluding steroid dienone is 2. The average molecular weight is 180 g/mol. The Labute approximate surface area is 83.4 Å². The maximum Gasteiger partial charge on any atom is -0.0317 e. The van der Waals surface area contributed by atoms with E-state index in [0.29, 0.717) is 0 Å². The summed E-state index contributed by atoms with van der Waals surface area (Å²) >= 11 is 0. The molecule has 0 aromatic carbocycles. The fourth-order valence-corrected chi connectivity index (χ4v) is 2.72. The fourth-order valence-electron chi connectivity index (χ4n) is 2.72. The summed E-state index contributed by atoms with van der Waals surface area (Å²) in [5.74, 6) is 2.95. The van der Waals surface area contributed by atoms with E-state index in [-0.39, 0.29) is 0 Å². The van der Waals surface area contributed by atoms with Crippen LogP contribution < -0.4 is 0 Å². The van der Waals surface area contributed by atoms with Crippen molar-refractivity contribution in [3.8, 4) is 0 Å². The van der Waals surface area contributed by atoms with Gasteiger partial charge in [-0.15, -0.1) is 0 Å². The van der Waals surface area contributed by atoms with Gasteiger partial charge in [-0.05, 0) is 37.0 Å². The Morgan fingerprint density at radius 2 is 1.92 bits per heavy atom. The Hall–Kier alpha value is -0.260. The Morgan fingerprint density at radius 3 is 2.54 bits per heavy atom. The molecule has 3 unspecified atom stereocenters. The molecular weight excluding hydrogens is 156 g/mol. The van der Waals surface area contributed by atoms with Gasteiger partial charge in [0.15, 0.2) is 0 Å². The molecule has 0 bridgehead atoms. The van der Waals surface area contributed by atoms with Crippen LogP contribution in [0.4, 0.5) is 0 Å². The molecule has 1 fully saturated rings. The van der Waals surface area contributed by atoms with Gasteiger partial charge in [-0.1, -0.05) is 45.8 Å². The van der Waals surface area contributed by atoms with Gasteiger partial charge in [0.25, 0.3) is 0 Å². The highest BCUT2D eigenvalue weighted by Gasteiger charge is 2.30. The monoisotopic (exact) mass is 180 g/mol. The van der Waals surface area contributed by atoms with Crippen molar-refractivity contribution in [1.29, 1.82) is 0 Å². The minimum atomic E-state index is 0.964. The van der Waals surface area contributed by atoms with Crippen molar-refractivity contribution in [3.05, 3.63) is 12.2 Å². The molecule has 13 heavy (non-hydrogen) atoms. The summed E-state index contributed by atoms with van der Waals surface area (Å²) in [5.41, 5.74) is 0. The van der Waals surface area contributed by atoms with E-state index in [0.717, 1.165) is 17.8 Å². The lowest BCUT2D eigenvalue weighted by Crippen LogP contribution is -2.11. The second-order valence-electron chi connectivity index (χ2n) is 4.50. The molecule has 0 aromatic rings. The topological polar surface area (TPSA) is 0 Å². The third kappa shape index (κ3) is 2.86. The minimum absolute atomic E-state index is 0.964. The highest BCUT2D eigenvalue weighted by molar-refractivity contribution is 4.90. The summed E-state index contributed by atoms with van der Waals surface area (Å²) in [6.45, 7) is 6.99. The van der Waals surface area contributed by atoms with E-state index in [4.69, 9.17) is 0 Å². The van der Waals surface area contributed by atoms with E-state index >= 15 is 0 Å². The first kappa shape index (κ1) is 10.8. The summed E-state index contributed by atoms with van der Waals surface area (Å²) in [7, 11) is 0. The summed E-state index contributed by atoms with van der Waals surface area (Å²) in [4.78, 5) is 0. The molecule has 0 radical (unpaired) electrons. The highest BCUT2D eigenvalue weighted by Crippen LogP contribution is 2.40.